The van der Waals surface area contributed by atoms with Crippen LogP contribution in [-0.4, -0.2) is 0 Å². The smallest absolute Gasteiger partial charge is 0.149 e. The normalized spacial score (nSPS) is 9.78. The third-order valence-electron chi connectivity index (χ3n) is 2.46. The topological polar surface area (TPSA) is 59.0 Å². The molecule has 0 aliphatic carbocycles. The Labute approximate surface area is 104 Å². The van der Waals surface area contributed by atoms with Crippen molar-refractivity contribution in [1.82, 2.24) is 0 Å². The molecule has 18 heavy (non-hydrogen) atoms. The van der Waals surface area contributed by atoms with E-state index in [9.17, 15) is 4.39 Å². The molecule has 0 spiro atoms. The number of hydrogen-bond acceptors (Lipinski definition) is 3. The van der Waals surface area contributed by atoms with Crippen LogP contribution in [0.5, 0.6) is 5.75 Å². The van der Waals surface area contributed by atoms with Crippen LogP contribution < -0.4 is 10.5 Å². The molecule has 4 heteroatoms. The van der Waals surface area contributed by atoms with Gasteiger partial charge in [0.1, 0.15) is 18.2 Å². The molecule has 90 valence electrons. The summed E-state index contributed by atoms with van der Waals surface area (Å²) < 4.78 is 18.6. The van der Waals surface area contributed by atoms with Crippen molar-refractivity contribution in [2.75, 3.05) is 5.73 Å². The summed E-state index contributed by atoms with van der Waals surface area (Å²) in [6.45, 7) is 0.315. The highest BCUT2D eigenvalue weighted by Gasteiger charge is 2.01. The Hall–Kier alpha value is -2.54. The number of anilines is 1. The van der Waals surface area contributed by atoms with Crippen LogP contribution in [0.3, 0.4) is 0 Å². The van der Waals surface area contributed by atoms with Gasteiger partial charge in [-0.15, -0.1) is 0 Å². The van der Waals surface area contributed by atoms with Gasteiger partial charge >= 0.3 is 0 Å². The summed E-state index contributed by atoms with van der Waals surface area (Å²) in [4.78, 5) is 0. The summed E-state index contributed by atoms with van der Waals surface area (Å²) >= 11 is 0. The van der Waals surface area contributed by atoms with Gasteiger partial charge in [-0.1, -0.05) is 12.1 Å². The number of halogens is 1. The van der Waals surface area contributed by atoms with Crippen molar-refractivity contribution in [3.8, 4) is 11.8 Å². The SMILES string of the molecule is N#Cc1ccc(COc2ccc(N)c(F)c2)cc1. The second kappa shape index (κ2) is 5.19. The fraction of sp³-hybridized carbons (Fsp3) is 0.0714. The minimum Gasteiger partial charge on any atom is -0.489 e. The first-order chi connectivity index (χ1) is 8.69. The van der Waals surface area contributed by atoms with Crippen molar-refractivity contribution in [1.29, 1.82) is 5.26 Å². The van der Waals surface area contributed by atoms with Crippen LogP contribution in [-0.2, 0) is 6.61 Å². The molecule has 0 aromatic heterocycles. The van der Waals surface area contributed by atoms with Gasteiger partial charge in [-0.2, -0.15) is 5.26 Å². The number of nitriles is 1. The largest absolute Gasteiger partial charge is 0.489 e. The van der Waals surface area contributed by atoms with E-state index in [4.69, 9.17) is 15.7 Å². The molecule has 0 atom stereocenters. The van der Waals surface area contributed by atoms with Gasteiger partial charge in [0.05, 0.1) is 17.3 Å². The number of rotatable bonds is 3. The molecule has 0 saturated carbocycles. The predicted molar refractivity (Wildman–Crippen MR) is 66.3 cm³/mol. The van der Waals surface area contributed by atoms with E-state index < -0.39 is 5.82 Å². The van der Waals surface area contributed by atoms with Crippen molar-refractivity contribution in [2.45, 2.75) is 6.61 Å². The van der Waals surface area contributed by atoms with E-state index >= 15 is 0 Å². The third kappa shape index (κ3) is 2.77. The zero-order valence-corrected chi connectivity index (χ0v) is 9.56. The Kier molecular flexibility index (Phi) is 3.44. The van der Waals surface area contributed by atoms with Crippen LogP contribution in [0.15, 0.2) is 42.5 Å². The molecule has 0 unspecified atom stereocenters. The Bertz CT molecular complexity index is 588. The van der Waals surface area contributed by atoms with Gasteiger partial charge in [0, 0.05) is 6.07 Å². The Morgan fingerprint density at radius 2 is 1.89 bits per heavy atom. The molecule has 3 nitrogen and oxygen atoms in total. The molecule has 0 radical (unpaired) electrons. The molecule has 2 N–H and O–H groups in total. The summed E-state index contributed by atoms with van der Waals surface area (Å²) in [6, 6.07) is 13.4. The first-order valence-corrected chi connectivity index (χ1v) is 5.36. The van der Waals surface area contributed by atoms with Crippen LogP contribution in [0.4, 0.5) is 10.1 Å². The van der Waals surface area contributed by atoms with Gasteiger partial charge in [-0.3, -0.25) is 0 Å². The first kappa shape index (κ1) is 11.9. The summed E-state index contributed by atoms with van der Waals surface area (Å²) in [5.74, 6) is -0.0709. The van der Waals surface area contributed by atoms with Gasteiger partial charge in [0.2, 0.25) is 0 Å². The van der Waals surface area contributed by atoms with Gasteiger partial charge in [-0.05, 0) is 29.8 Å². The number of ether oxygens (including phenoxy) is 1. The molecule has 0 heterocycles. The second-order valence-corrected chi connectivity index (χ2v) is 3.78. The van der Waals surface area contributed by atoms with E-state index in [1.54, 1.807) is 30.3 Å². The van der Waals surface area contributed by atoms with Gasteiger partial charge in [0.15, 0.2) is 0 Å². The van der Waals surface area contributed by atoms with Crippen LogP contribution >= 0.6 is 0 Å². The predicted octanol–water partition coefficient (Wildman–Crippen LogP) is 2.86. The van der Waals surface area contributed by atoms with Crippen LogP contribution in [0.25, 0.3) is 0 Å². The van der Waals surface area contributed by atoms with E-state index in [2.05, 4.69) is 0 Å². The lowest BCUT2D eigenvalue weighted by Crippen LogP contribution is -1.97. The van der Waals surface area contributed by atoms with Crippen molar-refractivity contribution in [3.05, 3.63) is 59.4 Å². The number of nitrogen functional groups attached to an aromatic ring is 1. The fourth-order valence-corrected chi connectivity index (χ4v) is 1.44. The molecular weight excluding hydrogens is 231 g/mol. The molecule has 0 amide bonds. The third-order valence-corrected chi connectivity index (χ3v) is 2.46. The monoisotopic (exact) mass is 242 g/mol. The second-order valence-electron chi connectivity index (χ2n) is 3.78. The summed E-state index contributed by atoms with van der Waals surface area (Å²) in [6.07, 6.45) is 0. The van der Waals surface area contributed by atoms with Crippen LogP contribution in [0, 0.1) is 17.1 Å². The lowest BCUT2D eigenvalue weighted by Gasteiger charge is -2.07. The zero-order valence-electron chi connectivity index (χ0n) is 9.56. The average molecular weight is 242 g/mol. The minimum absolute atomic E-state index is 0.0979. The zero-order chi connectivity index (χ0) is 13.0. The van der Waals surface area contributed by atoms with Crippen LogP contribution in [0.1, 0.15) is 11.1 Å². The summed E-state index contributed by atoms with van der Waals surface area (Å²) in [7, 11) is 0. The molecular formula is C14H11FN2O. The van der Waals surface area contributed by atoms with Crippen molar-refractivity contribution in [3.63, 3.8) is 0 Å². The molecule has 0 saturated heterocycles. The van der Waals surface area contributed by atoms with Crippen molar-refractivity contribution < 1.29 is 9.13 Å². The molecule has 0 aliphatic rings. The Morgan fingerprint density at radius 3 is 2.50 bits per heavy atom. The maximum Gasteiger partial charge on any atom is 0.149 e. The summed E-state index contributed by atoms with van der Waals surface area (Å²) in [5.41, 5.74) is 6.97. The highest BCUT2D eigenvalue weighted by Crippen LogP contribution is 2.19. The minimum atomic E-state index is -0.493. The average Bonchev–Trinajstić information content (AvgIpc) is 2.41. The molecule has 2 rings (SSSR count). The lowest BCUT2D eigenvalue weighted by molar-refractivity contribution is 0.304. The molecule has 0 fully saturated rings. The van der Waals surface area contributed by atoms with Gasteiger partial charge in [0.25, 0.3) is 0 Å². The maximum absolute atomic E-state index is 13.2. The fourth-order valence-electron chi connectivity index (χ4n) is 1.44. The highest BCUT2D eigenvalue weighted by atomic mass is 19.1. The molecule has 0 aliphatic heterocycles. The van der Waals surface area contributed by atoms with Gasteiger partial charge < -0.3 is 10.5 Å². The van der Waals surface area contributed by atoms with Crippen molar-refractivity contribution in [2.24, 2.45) is 0 Å². The van der Waals surface area contributed by atoms with E-state index in [1.165, 1.54) is 12.1 Å². The Balaban J connectivity index is 2.02. The van der Waals surface area contributed by atoms with Gasteiger partial charge in [-0.25, -0.2) is 4.39 Å². The molecule has 0 bridgehead atoms. The standard InChI is InChI=1S/C14H11FN2O/c15-13-7-12(5-6-14(13)17)18-9-11-3-1-10(8-16)2-4-11/h1-7H,9,17H2. The quantitative estimate of drug-likeness (QED) is 0.842. The van der Waals surface area contributed by atoms with E-state index in [1.807, 2.05) is 6.07 Å². The first-order valence-electron chi connectivity index (χ1n) is 5.36. The summed E-state index contributed by atoms with van der Waals surface area (Å²) in [5, 5.41) is 8.66. The van der Waals surface area contributed by atoms with E-state index in [0.717, 1.165) is 5.56 Å². The maximum atomic E-state index is 13.2. The van der Waals surface area contributed by atoms with Crippen LogP contribution in [0.2, 0.25) is 0 Å². The number of hydrogen-bond donors (Lipinski definition) is 1. The highest BCUT2D eigenvalue weighted by molar-refractivity contribution is 5.43. The Morgan fingerprint density at radius 1 is 1.17 bits per heavy atom. The molecule has 2 aromatic carbocycles. The van der Waals surface area contributed by atoms with E-state index in [0.29, 0.717) is 17.9 Å². The van der Waals surface area contributed by atoms with Crippen molar-refractivity contribution >= 4 is 5.69 Å². The van der Waals surface area contributed by atoms with E-state index in [-0.39, 0.29) is 5.69 Å². The number of nitrogens with two attached hydrogens (primary N) is 1. The number of nitrogens with zero attached hydrogens (tertiary/aromatic N) is 1. The number of benzene rings is 2. The lowest BCUT2D eigenvalue weighted by atomic mass is 10.1. The molecule has 2 aromatic rings.